The highest BCUT2D eigenvalue weighted by Gasteiger charge is 2.15. The lowest BCUT2D eigenvalue weighted by Gasteiger charge is -2.18. The van der Waals surface area contributed by atoms with E-state index in [-0.39, 0.29) is 0 Å². The standard InChI is InChI=1S/C15H15ClN2O2S/c1-2-3-11-14(16)17-9-18-15(11)21-10-4-5-12-13(8-10)20-7-6-19-12/h4-5,8-9H,2-3,6-7H2,1H3. The molecule has 0 bridgehead atoms. The van der Waals surface area contributed by atoms with Crippen molar-refractivity contribution in [1.82, 2.24) is 9.97 Å². The lowest BCUT2D eigenvalue weighted by molar-refractivity contribution is 0.171. The van der Waals surface area contributed by atoms with Crippen molar-refractivity contribution < 1.29 is 9.47 Å². The second kappa shape index (κ2) is 6.54. The van der Waals surface area contributed by atoms with Gasteiger partial charge in [-0.25, -0.2) is 9.97 Å². The van der Waals surface area contributed by atoms with Crippen LogP contribution in [0.1, 0.15) is 18.9 Å². The van der Waals surface area contributed by atoms with Crippen molar-refractivity contribution in [3.63, 3.8) is 0 Å². The first-order valence-electron chi connectivity index (χ1n) is 6.85. The molecule has 6 heteroatoms. The number of aromatic nitrogens is 2. The van der Waals surface area contributed by atoms with Crippen LogP contribution in [0.2, 0.25) is 5.15 Å². The highest BCUT2D eigenvalue weighted by Crippen LogP contribution is 2.38. The number of hydrogen-bond acceptors (Lipinski definition) is 5. The third-order valence-electron chi connectivity index (χ3n) is 3.08. The molecule has 1 aromatic carbocycles. The summed E-state index contributed by atoms with van der Waals surface area (Å²) in [6.45, 7) is 3.30. The number of hydrogen-bond donors (Lipinski definition) is 0. The SMILES string of the molecule is CCCc1c(Cl)ncnc1Sc1ccc2c(c1)OCCO2. The van der Waals surface area contributed by atoms with Crippen molar-refractivity contribution in [3.8, 4) is 11.5 Å². The number of ether oxygens (including phenoxy) is 2. The number of halogens is 1. The summed E-state index contributed by atoms with van der Waals surface area (Å²) in [5.41, 5.74) is 1.00. The fraction of sp³-hybridized carbons (Fsp3) is 0.333. The van der Waals surface area contributed by atoms with E-state index in [0.29, 0.717) is 18.4 Å². The van der Waals surface area contributed by atoms with Crippen LogP contribution in [0.15, 0.2) is 34.4 Å². The van der Waals surface area contributed by atoms with Crippen molar-refractivity contribution in [2.45, 2.75) is 29.7 Å². The van der Waals surface area contributed by atoms with Crippen molar-refractivity contribution in [2.75, 3.05) is 13.2 Å². The number of fused-ring (bicyclic) bond motifs is 1. The Morgan fingerprint density at radius 1 is 1.19 bits per heavy atom. The zero-order valence-electron chi connectivity index (χ0n) is 11.6. The minimum absolute atomic E-state index is 0.534. The van der Waals surface area contributed by atoms with Crippen LogP contribution in [0, 0.1) is 0 Å². The Balaban J connectivity index is 1.88. The van der Waals surface area contributed by atoms with Gasteiger partial charge in [-0.2, -0.15) is 0 Å². The van der Waals surface area contributed by atoms with Crippen molar-refractivity contribution in [3.05, 3.63) is 35.2 Å². The second-order valence-electron chi connectivity index (χ2n) is 4.61. The molecular weight excluding hydrogens is 308 g/mol. The molecule has 2 heterocycles. The largest absolute Gasteiger partial charge is 0.486 e. The molecule has 21 heavy (non-hydrogen) atoms. The topological polar surface area (TPSA) is 44.2 Å². The molecule has 1 aliphatic rings. The summed E-state index contributed by atoms with van der Waals surface area (Å²) in [6, 6.07) is 5.91. The zero-order valence-corrected chi connectivity index (χ0v) is 13.2. The van der Waals surface area contributed by atoms with Gasteiger partial charge in [0.25, 0.3) is 0 Å². The van der Waals surface area contributed by atoms with Crippen LogP contribution in [0.25, 0.3) is 0 Å². The van der Waals surface area contributed by atoms with Gasteiger partial charge in [-0.3, -0.25) is 0 Å². The molecule has 0 unspecified atom stereocenters. The monoisotopic (exact) mass is 322 g/mol. The molecule has 0 N–H and O–H groups in total. The van der Waals surface area contributed by atoms with E-state index in [1.807, 2.05) is 18.2 Å². The minimum Gasteiger partial charge on any atom is -0.486 e. The predicted molar refractivity (Wildman–Crippen MR) is 82.6 cm³/mol. The Kier molecular flexibility index (Phi) is 4.51. The van der Waals surface area contributed by atoms with Gasteiger partial charge in [0.2, 0.25) is 0 Å². The highest BCUT2D eigenvalue weighted by molar-refractivity contribution is 7.99. The van der Waals surface area contributed by atoms with E-state index in [1.165, 1.54) is 6.33 Å². The van der Waals surface area contributed by atoms with Crippen molar-refractivity contribution >= 4 is 23.4 Å². The molecule has 110 valence electrons. The summed E-state index contributed by atoms with van der Waals surface area (Å²) in [5.74, 6) is 1.57. The summed E-state index contributed by atoms with van der Waals surface area (Å²) < 4.78 is 11.1. The summed E-state index contributed by atoms with van der Waals surface area (Å²) in [4.78, 5) is 9.47. The van der Waals surface area contributed by atoms with Crippen LogP contribution < -0.4 is 9.47 Å². The summed E-state index contributed by atoms with van der Waals surface area (Å²) >= 11 is 7.75. The number of nitrogens with zero attached hydrogens (tertiary/aromatic N) is 2. The summed E-state index contributed by atoms with van der Waals surface area (Å²) in [7, 11) is 0. The number of benzene rings is 1. The van der Waals surface area contributed by atoms with Gasteiger partial charge in [-0.15, -0.1) is 0 Å². The molecule has 0 fully saturated rings. The highest BCUT2D eigenvalue weighted by atomic mass is 35.5. The van der Waals surface area contributed by atoms with Crippen molar-refractivity contribution in [2.24, 2.45) is 0 Å². The molecule has 0 atom stereocenters. The van der Waals surface area contributed by atoms with E-state index in [9.17, 15) is 0 Å². The molecule has 0 aliphatic carbocycles. The van der Waals surface area contributed by atoms with E-state index in [0.717, 1.165) is 39.8 Å². The maximum atomic E-state index is 6.18. The Morgan fingerprint density at radius 2 is 2.00 bits per heavy atom. The van der Waals surface area contributed by atoms with Crippen LogP contribution in [0.4, 0.5) is 0 Å². The Bertz CT molecular complexity index is 652. The van der Waals surface area contributed by atoms with Gasteiger partial charge in [0.1, 0.15) is 29.7 Å². The molecule has 0 saturated heterocycles. The molecule has 0 amide bonds. The zero-order chi connectivity index (χ0) is 14.7. The van der Waals surface area contributed by atoms with Gasteiger partial charge >= 0.3 is 0 Å². The molecule has 0 radical (unpaired) electrons. The lowest BCUT2D eigenvalue weighted by atomic mass is 10.2. The molecule has 3 rings (SSSR count). The van der Waals surface area contributed by atoms with E-state index < -0.39 is 0 Å². The minimum atomic E-state index is 0.534. The molecule has 1 aliphatic heterocycles. The Hall–Kier alpha value is -1.46. The number of rotatable bonds is 4. The smallest absolute Gasteiger partial charge is 0.162 e. The normalized spacial score (nSPS) is 13.2. The molecular formula is C15H15ClN2O2S. The van der Waals surface area contributed by atoms with Gasteiger partial charge in [0, 0.05) is 10.5 Å². The first-order chi connectivity index (χ1) is 10.3. The maximum Gasteiger partial charge on any atom is 0.162 e. The van der Waals surface area contributed by atoms with E-state index in [4.69, 9.17) is 21.1 Å². The van der Waals surface area contributed by atoms with E-state index in [1.54, 1.807) is 11.8 Å². The summed E-state index contributed by atoms with van der Waals surface area (Å²) in [5, 5.41) is 1.43. The third kappa shape index (κ3) is 3.24. The second-order valence-corrected chi connectivity index (χ2v) is 6.03. The van der Waals surface area contributed by atoms with Gasteiger partial charge < -0.3 is 9.47 Å². The van der Waals surface area contributed by atoms with Gasteiger partial charge in [-0.1, -0.05) is 36.7 Å². The molecule has 2 aromatic rings. The quantitative estimate of drug-likeness (QED) is 0.796. The first-order valence-corrected chi connectivity index (χ1v) is 8.04. The van der Waals surface area contributed by atoms with Crippen LogP contribution in [0.3, 0.4) is 0 Å². The van der Waals surface area contributed by atoms with E-state index in [2.05, 4.69) is 16.9 Å². The van der Waals surface area contributed by atoms with Gasteiger partial charge in [-0.05, 0) is 24.6 Å². The maximum absolute atomic E-state index is 6.18. The molecule has 1 aromatic heterocycles. The van der Waals surface area contributed by atoms with Crippen LogP contribution in [-0.4, -0.2) is 23.2 Å². The predicted octanol–water partition coefficient (Wildman–Crippen LogP) is 4.00. The Labute approximate surface area is 132 Å². The first kappa shape index (κ1) is 14.5. The van der Waals surface area contributed by atoms with Gasteiger partial charge in [0.05, 0.1) is 0 Å². The molecule has 4 nitrogen and oxygen atoms in total. The van der Waals surface area contributed by atoms with E-state index >= 15 is 0 Å². The van der Waals surface area contributed by atoms with Crippen LogP contribution in [-0.2, 0) is 6.42 Å². The molecule has 0 spiro atoms. The van der Waals surface area contributed by atoms with Crippen LogP contribution in [0.5, 0.6) is 11.5 Å². The summed E-state index contributed by atoms with van der Waals surface area (Å²) in [6.07, 6.45) is 3.37. The fourth-order valence-corrected chi connectivity index (χ4v) is 3.35. The Morgan fingerprint density at radius 3 is 2.81 bits per heavy atom. The van der Waals surface area contributed by atoms with Gasteiger partial charge in [0.15, 0.2) is 11.5 Å². The fourth-order valence-electron chi connectivity index (χ4n) is 2.12. The average molecular weight is 323 g/mol. The van der Waals surface area contributed by atoms with Crippen molar-refractivity contribution in [1.29, 1.82) is 0 Å². The molecule has 0 saturated carbocycles. The lowest BCUT2D eigenvalue weighted by Crippen LogP contribution is -2.15. The van der Waals surface area contributed by atoms with Crippen LogP contribution >= 0.6 is 23.4 Å². The average Bonchev–Trinajstić information content (AvgIpc) is 2.51. The third-order valence-corrected chi connectivity index (χ3v) is 4.44.